The van der Waals surface area contributed by atoms with Crippen molar-refractivity contribution in [1.29, 1.82) is 0 Å². The van der Waals surface area contributed by atoms with Gasteiger partial charge in [-0.05, 0) is 50.6 Å². The molecule has 3 heteroatoms. The van der Waals surface area contributed by atoms with Crippen LogP contribution in [0.1, 0.15) is 44.9 Å². The van der Waals surface area contributed by atoms with Gasteiger partial charge in [-0.15, -0.1) is 0 Å². The van der Waals surface area contributed by atoms with E-state index in [0.717, 1.165) is 26.1 Å². The van der Waals surface area contributed by atoms with Gasteiger partial charge in [-0.25, -0.2) is 0 Å². The van der Waals surface area contributed by atoms with Crippen molar-refractivity contribution in [1.82, 2.24) is 4.90 Å². The Labute approximate surface area is 110 Å². The molecular formula is C15H25NO2. The summed E-state index contributed by atoms with van der Waals surface area (Å²) in [4.78, 5) is 14.5. The van der Waals surface area contributed by atoms with Gasteiger partial charge in [0.2, 0.25) is 0 Å². The van der Waals surface area contributed by atoms with E-state index in [9.17, 15) is 4.79 Å². The van der Waals surface area contributed by atoms with E-state index in [1.54, 1.807) is 0 Å². The second-order valence-electron chi connectivity index (χ2n) is 6.51. The van der Waals surface area contributed by atoms with Gasteiger partial charge in [-0.3, -0.25) is 9.69 Å². The number of likely N-dealkylation sites (tertiary alicyclic amines) is 1. The first kappa shape index (κ1) is 12.6. The minimum absolute atomic E-state index is 0.187. The van der Waals surface area contributed by atoms with Crippen LogP contribution in [0.3, 0.4) is 0 Å². The van der Waals surface area contributed by atoms with Crippen LogP contribution in [0.15, 0.2) is 0 Å². The normalized spacial score (nSPS) is 32.1. The number of ketones is 1. The molecule has 0 bridgehead atoms. The highest BCUT2D eigenvalue weighted by Crippen LogP contribution is 2.46. The SMILES string of the molecule is O=C(CN1CCC2(CCCC2)CC1)C1CCOC1. The van der Waals surface area contributed by atoms with Crippen molar-refractivity contribution >= 4 is 5.78 Å². The molecule has 2 aliphatic heterocycles. The van der Waals surface area contributed by atoms with Crippen molar-refractivity contribution in [3.05, 3.63) is 0 Å². The van der Waals surface area contributed by atoms with Crippen molar-refractivity contribution in [3.63, 3.8) is 0 Å². The van der Waals surface area contributed by atoms with Crippen LogP contribution in [0.2, 0.25) is 0 Å². The standard InChI is InChI=1S/C15H25NO2/c17-14(13-3-10-18-12-13)11-16-8-6-15(7-9-16)4-1-2-5-15/h13H,1-12H2. The van der Waals surface area contributed by atoms with Crippen LogP contribution in [0, 0.1) is 11.3 Å². The van der Waals surface area contributed by atoms with E-state index in [2.05, 4.69) is 4.90 Å². The second-order valence-corrected chi connectivity index (χ2v) is 6.51. The first-order chi connectivity index (χ1) is 8.77. The molecule has 1 aliphatic carbocycles. The molecule has 3 nitrogen and oxygen atoms in total. The average molecular weight is 251 g/mol. The van der Waals surface area contributed by atoms with Crippen LogP contribution in [-0.4, -0.2) is 43.5 Å². The first-order valence-corrected chi connectivity index (χ1v) is 7.60. The van der Waals surface area contributed by atoms with Crippen molar-refractivity contribution in [2.45, 2.75) is 44.9 Å². The molecule has 102 valence electrons. The van der Waals surface area contributed by atoms with Gasteiger partial charge in [0.25, 0.3) is 0 Å². The summed E-state index contributed by atoms with van der Waals surface area (Å²) in [7, 11) is 0. The average Bonchev–Trinajstić information content (AvgIpc) is 3.04. The fraction of sp³-hybridized carbons (Fsp3) is 0.933. The van der Waals surface area contributed by atoms with Crippen LogP contribution in [0.25, 0.3) is 0 Å². The molecule has 0 aromatic carbocycles. The molecular weight excluding hydrogens is 226 g/mol. The van der Waals surface area contributed by atoms with E-state index in [0.29, 0.717) is 24.3 Å². The summed E-state index contributed by atoms with van der Waals surface area (Å²) in [5, 5.41) is 0. The first-order valence-electron chi connectivity index (χ1n) is 7.60. The van der Waals surface area contributed by atoms with Crippen molar-refractivity contribution < 1.29 is 9.53 Å². The predicted molar refractivity (Wildman–Crippen MR) is 70.5 cm³/mol. The summed E-state index contributed by atoms with van der Waals surface area (Å²) in [6.07, 6.45) is 9.31. The largest absolute Gasteiger partial charge is 0.381 e. The molecule has 1 unspecified atom stereocenters. The summed E-state index contributed by atoms with van der Waals surface area (Å²) in [6.45, 7) is 4.39. The lowest BCUT2D eigenvalue weighted by Gasteiger charge is -2.39. The molecule has 18 heavy (non-hydrogen) atoms. The third-order valence-electron chi connectivity index (χ3n) is 5.35. The number of rotatable bonds is 3. The summed E-state index contributed by atoms with van der Waals surface area (Å²) >= 11 is 0. The topological polar surface area (TPSA) is 29.5 Å². The molecule has 3 fully saturated rings. The Morgan fingerprint density at radius 1 is 1.17 bits per heavy atom. The minimum atomic E-state index is 0.187. The lowest BCUT2D eigenvalue weighted by molar-refractivity contribution is -0.124. The van der Waals surface area contributed by atoms with Gasteiger partial charge < -0.3 is 4.74 Å². The Balaban J connectivity index is 1.46. The molecule has 1 atom stereocenters. The molecule has 0 N–H and O–H groups in total. The zero-order valence-electron chi connectivity index (χ0n) is 11.3. The van der Waals surface area contributed by atoms with Gasteiger partial charge in [0, 0.05) is 12.5 Å². The van der Waals surface area contributed by atoms with Crippen LogP contribution in [0.4, 0.5) is 0 Å². The molecule has 0 aromatic heterocycles. The zero-order chi connectivity index (χ0) is 12.4. The molecule has 0 aromatic rings. The Morgan fingerprint density at radius 3 is 2.50 bits per heavy atom. The Morgan fingerprint density at radius 2 is 1.89 bits per heavy atom. The molecule has 1 saturated carbocycles. The maximum absolute atomic E-state index is 12.1. The number of ether oxygens (including phenoxy) is 1. The van der Waals surface area contributed by atoms with Crippen molar-refractivity contribution in [2.75, 3.05) is 32.8 Å². The number of carbonyl (C=O) groups is 1. The van der Waals surface area contributed by atoms with Crippen molar-refractivity contribution in [3.8, 4) is 0 Å². The minimum Gasteiger partial charge on any atom is -0.381 e. The summed E-state index contributed by atoms with van der Waals surface area (Å²) in [5.41, 5.74) is 0.663. The van der Waals surface area contributed by atoms with Gasteiger partial charge in [0.1, 0.15) is 0 Å². The monoisotopic (exact) mass is 251 g/mol. The number of hydrogen-bond acceptors (Lipinski definition) is 3. The summed E-state index contributed by atoms with van der Waals surface area (Å²) < 4.78 is 5.30. The molecule has 0 amide bonds. The van der Waals surface area contributed by atoms with Crippen LogP contribution in [0.5, 0.6) is 0 Å². The summed E-state index contributed by atoms with van der Waals surface area (Å²) in [5.74, 6) is 0.599. The molecule has 3 aliphatic rings. The number of Topliss-reactive ketones (excluding diaryl/α,β-unsaturated/α-hetero) is 1. The highest BCUT2D eigenvalue weighted by atomic mass is 16.5. The van der Waals surface area contributed by atoms with Gasteiger partial charge in [-0.2, -0.15) is 0 Å². The van der Waals surface area contributed by atoms with Crippen LogP contribution < -0.4 is 0 Å². The predicted octanol–water partition coefficient (Wildman–Crippen LogP) is 2.25. The fourth-order valence-corrected chi connectivity index (χ4v) is 3.95. The number of hydrogen-bond donors (Lipinski definition) is 0. The van der Waals surface area contributed by atoms with E-state index >= 15 is 0 Å². The molecule has 2 saturated heterocycles. The third-order valence-corrected chi connectivity index (χ3v) is 5.35. The van der Waals surface area contributed by atoms with Crippen molar-refractivity contribution in [2.24, 2.45) is 11.3 Å². The Kier molecular flexibility index (Phi) is 3.71. The Hall–Kier alpha value is -0.410. The van der Waals surface area contributed by atoms with Gasteiger partial charge in [0.05, 0.1) is 13.2 Å². The highest BCUT2D eigenvalue weighted by molar-refractivity contribution is 5.83. The second kappa shape index (κ2) is 5.30. The van der Waals surface area contributed by atoms with E-state index in [1.807, 2.05) is 0 Å². The molecule has 3 rings (SSSR count). The number of piperidine rings is 1. The quantitative estimate of drug-likeness (QED) is 0.770. The van der Waals surface area contributed by atoms with Crippen LogP contribution in [-0.2, 0) is 9.53 Å². The maximum Gasteiger partial charge on any atom is 0.152 e. The number of nitrogens with zero attached hydrogens (tertiary/aromatic N) is 1. The molecule has 1 spiro atoms. The van der Waals surface area contributed by atoms with E-state index in [1.165, 1.54) is 38.5 Å². The third kappa shape index (κ3) is 2.62. The molecule has 2 heterocycles. The van der Waals surface area contributed by atoms with Gasteiger partial charge in [0.15, 0.2) is 5.78 Å². The lowest BCUT2D eigenvalue weighted by atomic mass is 9.77. The fourth-order valence-electron chi connectivity index (χ4n) is 3.95. The number of carbonyl (C=O) groups excluding carboxylic acids is 1. The van der Waals surface area contributed by atoms with E-state index in [4.69, 9.17) is 4.74 Å². The lowest BCUT2D eigenvalue weighted by Crippen LogP contribution is -2.42. The smallest absolute Gasteiger partial charge is 0.152 e. The maximum atomic E-state index is 12.1. The summed E-state index contributed by atoms with van der Waals surface area (Å²) in [6, 6.07) is 0. The van der Waals surface area contributed by atoms with E-state index in [-0.39, 0.29) is 5.92 Å². The van der Waals surface area contributed by atoms with Gasteiger partial charge >= 0.3 is 0 Å². The highest BCUT2D eigenvalue weighted by Gasteiger charge is 2.37. The van der Waals surface area contributed by atoms with E-state index < -0.39 is 0 Å². The Bertz CT molecular complexity index is 294. The zero-order valence-corrected chi connectivity index (χ0v) is 11.3. The van der Waals surface area contributed by atoms with Gasteiger partial charge in [-0.1, -0.05) is 12.8 Å². The van der Waals surface area contributed by atoms with Crippen LogP contribution >= 0.6 is 0 Å². The molecule has 0 radical (unpaired) electrons.